The molecule has 0 aromatic heterocycles. The average molecular weight is 544 g/mol. The molecular formula is C23H41N7O8. The SMILES string of the molecule is CNNC(=O)C1CCN(C(=O)CN2CCN(CC(=O)O)CCN(CC(=O)O)CCN(CC(=O)O)CC2)CC1. The maximum absolute atomic E-state index is 13.1. The van der Waals surface area contributed by atoms with E-state index in [0.29, 0.717) is 78.3 Å². The van der Waals surface area contributed by atoms with Crippen molar-refractivity contribution in [2.24, 2.45) is 5.92 Å². The van der Waals surface area contributed by atoms with Gasteiger partial charge in [-0.05, 0) is 12.8 Å². The summed E-state index contributed by atoms with van der Waals surface area (Å²) in [6.07, 6.45) is 1.12. The van der Waals surface area contributed by atoms with Crippen molar-refractivity contribution in [2.45, 2.75) is 12.8 Å². The summed E-state index contributed by atoms with van der Waals surface area (Å²) in [6, 6.07) is 0. The number of piperidine rings is 1. The number of rotatable bonds is 10. The van der Waals surface area contributed by atoms with Crippen LogP contribution in [0.4, 0.5) is 0 Å². The standard InChI is InChI=1S/C23H41N7O8/c1-24-25-23(38)18-2-4-30(5-3-18)19(31)14-26-6-8-27(15-20(32)33)10-12-29(17-22(36)37)13-11-28(9-7-26)16-21(34)35/h18,24H,2-17H2,1H3,(H,25,38)(H,32,33)(H,34,35)(H,36,37). The van der Waals surface area contributed by atoms with Crippen molar-refractivity contribution in [3.05, 3.63) is 0 Å². The van der Waals surface area contributed by atoms with Crippen molar-refractivity contribution in [3.8, 4) is 0 Å². The molecule has 0 aromatic carbocycles. The van der Waals surface area contributed by atoms with Gasteiger partial charge in [-0.1, -0.05) is 0 Å². The monoisotopic (exact) mass is 543 g/mol. The molecule has 0 aromatic rings. The normalized spacial score (nSPS) is 20.3. The number of carbonyl (C=O) groups excluding carboxylic acids is 2. The Morgan fingerprint density at radius 2 is 0.947 bits per heavy atom. The van der Waals surface area contributed by atoms with E-state index in [1.54, 1.807) is 26.6 Å². The molecule has 38 heavy (non-hydrogen) atoms. The van der Waals surface area contributed by atoms with Gasteiger partial charge in [-0.25, -0.2) is 5.43 Å². The molecule has 0 saturated carbocycles. The summed E-state index contributed by atoms with van der Waals surface area (Å²) in [7, 11) is 1.62. The van der Waals surface area contributed by atoms with E-state index < -0.39 is 17.9 Å². The molecule has 0 bridgehead atoms. The second-order valence-electron chi connectivity index (χ2n) is 9.68. The zero-order valence-corrected chi connectivity index (χ0v) is 22.0. The molecule has 2 fully saturated rings. The average Bonchev–Trinajstić information content (AvgIpc) is 2.84. The van der Waals surface area contributed by atoms with Gasteiger partial charge >= 0.3 is 17.9 Å². The number of carboxylic acids is 3. The van der Waals surface area contributed by atoms with Crippen molar-refractivity contribution in [1.29, 1.82) is 0 Å². The number of amides is 2. The first-order chi connectivity index (χ1) is 18.1. The minimum absolute atomic E-state index is 0.0910. The van der Waals surface area contributed by atoms with Crippen LogP contribution in [-0.4, -0.2) is 168 Å². The largest absolute Gasteiger partial charge is 0.480 e. The zero-order chi connectivity index (χ0) is 28.1. The summed E-state index contributed by atoms with van der Waals surface area (Å²) >= 11 is 0. The maximum Gasteiger partial charge on any atom is 0.317 e. The van der Waals surface area contributed by atoms with E-state index in [1.165, 1.54) is 0 Å². The Morgan fingerprint density at radius 3 is 1.26 bits per heavy atom. The quantitative estimate of drug-likeness (QED) is 0.175. The van der Waals surface area contributed by atoms with Crippen molar-refractivity contribution in [2.75, 3.05) is 98.7 Å². The van der Waals surface area contributed by atoms with Crippen LogP contribution in [0, 0.1) is 5.92 Å². The zero-order valence-electron chi connectivity index (χ0n) is 22.0. The number of aliphatic carboxylic acids is 3. The van der Waals surface area contributed by atoms with Gasteiger partial charge in [0.15, 0.2) is 0 Å². The summed E-state index contributed by atoms with van der Waals surface area (Å²) in [5.41, 5.74) is 5.21. The van der Waals surface area contributed by atoms with Crippen LogP contribution >= 0.6 is 0 Å². The second kappa shape index (κ2) is 16.2. The molecule has 216 valence electrons. The van der Waals surface area contributed by atoms with Gasteiger partial charge in [0.2, 0.25) is 11.8 Å². The van der Waals surface area contributed by atoms with Crippen LogP contribution in [0.1, 0.15) is 12.8 Å². The van der Waals surface area contributed by atoms with E-state index in [4.69, 9.17) is 0 Å². The fourth-order valence-corrected chi connectivity index (χ4v) is 4.69. The van der Waals surface area contributed by atoms with E-state index >= 15 is 0 Å². The van der Waals surface area contributed by atoms with Gasteiger partial charge in [-0.2, -0.15) is 0 Å². The van der Waals surface area contributed by atoms with Crippen LogP contribution in [0.15, 0.2) is 0 Å². The predicted molar refractivity (Wildman–Crippen MR) is 135 cm³/mol. The van der Waals surface area contributed by atoms with Crippen molar-refractivity contribution in [1.82, 2.24) is 35.4 Å². The molecule has 2 heterocycles. The Balaban J connectivity index is 2.06. The fraction of sp³-hybridized carbons (Fsp3) is 0.783. The smallest absolute Gasteiger partial charge is 0.317 e. The van der Waals surface area contributed by atoms with E-state index in [9.17, 15) is 39.3 Å². The molecule has 0 unspecified atom stereocenters. The van der Waals surface area contributed by atoms with E-state index in [-0.39, 0.29) is 43.9 Å². The van der Waals surface area contributed by atoms with Gasteiger partial charge in [-0.15, -0.1) is 0 Å². The fourth-order valence-electron chi connectivity index (χ4n) is 4.69. The summed E-state index contributed by atoms with van der Waals surface area (Å²) in [5.74, 6) is -3.36. The molecule has 5 N–H and O–H groups in total. The highest BCUT2D eigenvalue weighted by Crippen LogP contribution is 2.17. The van der Waals surface area contributed by atoms with Crippen LogP contribution in [0.3, 0.4) is 0 Å². The third-order valence-electron chi connectivity index (χ3n) is 6.83. The van der Waals surface area contributed by atoms with Gasteiger partial charge < -0.3 is 20.2 Å². The highest BCUT2D eigenvalue weighted by molar-refractivity contribution is 5.80. The van der Waals surface area contributed by atoms with Gasteiger partial charge in [0.25, 0.3) is 0 Å². The Kier molecular flexibility index (Phi) is 13.4. The summed E-state index contributed by atoms with van der Waals surface area (Å²) in [5, 5.41) is 27.9. The first-order valence-corrected chi connectivity index (χ1v) is 12.9. The van der Waals surface area contributed by atoms with Crippen molar-refractivity contribution < 1.29 is 39.3 Å². The molecule has 15 nitrogen and oxygen atoms in total. The van der Waals surface area contributed by atoms with Crippen LogP contribution in [0.25, 0.3) is 0 Å². The molecule has 2 rings (SSSR count). The minimum Gasteiger partial charge on any atom is -0.480 e. The van der Waals surface area contributed by atoms with E-state index in [2.05, 4.69) is 10.9 Å². The number of carbonyl (C=O) groups is 5. The van der Waals surface area contributed by atoms with Crippen LogP contribution < -0.4 is 10.9 Å². The molecule has 2 aliphatic rings. The predicted octanol–water partition coefficient (Wildman–Crippen LogP) is -3.05. The Bertz CT molecular complexity index is 790. The third-order valence-corrected chi connectivity index (χ3v) is 6.83. The first kappa shape index (κ1) is 31.4. The molecule has 2 amide bonds. The number of hydrogen-bond donors (Lipinski definition) is 5. The van der Waals surface area contributed by atoms with E-state index in [0.717, 1.165) is 0 Å². The molecule has 2 saturated heterocycles. The third kappa shape index (κ3) is 11.7. The second-order valence-corrected chi connectivity index (χ2v) is 9.68. The molecular weight excluding hydrogens is 502 g/mol. The molecule has 0 spiro atoms. The minimum atomic E-state index is -1.01. The van der Waals surface area contributed by atoms with Gasteiger partial charge in [0, 0.05) is 78.4 Å². The Morgan fingerprint density at radius 1 is 0.605 bits per heavy atom. The lowest BCUT2D eigenvalue weighted by atomic mass is 9.96. The lowest BCUT2D eigenvalue weighted by Gasteiger charge is -2.35. The van der Waals surface area contributed by atoms with Crippen molar-refractivity contribution in [3.63, 3.8) is 0 Å². The van der Waals surface area contributed by atoms with E-state index in [1.807, 2.05) is 4.90 Å². The summed E-state index contributed by atoms with van der Waals surface area (Å²) in [6.45, 7) is 3.13. The lowest BCUT2D eigenvalue weighted by molar-refractivity contribution is -0.141. The molecule has 0 atom stereocenters. The summed E-state index contributed by atoms with van der Waals surface area (Å²) < 4.78 is 0. The van der Waals surface area contributed by atoms with Gasteiger partial charge in [0.1, 0.15) is 0 Å². The number of hydrogen-bond acceptors (Lipinski definition) is 10. The molecule has 15 heteroatoms. The van der Waals surface area contributed by atoms with Crippen LogP contribution in [0.5, 0.6) is 0 Å². The Hall–Kier alpha value is -2.85. The van der Waals surface area contributed by atoms with Crippen molar-refractivity contribution >= 4 is 29.7 Å². The van der Waals surface area contributed by atoms with Gasteiger partial charge in [-0.3, -0.25) is 49.0 Å². The first-order valence-electron chi connectivity index (χ1n) is 12.9. The molecule has 0 aliphatic carbocycles. The maximum atomic E-state index is 13.1. The number of hydrazine groups is 1. The topological polar surface area (TPSA) is 186 Å². The molecule has 0 radical (unpaired) electrons. The molecule has 2 aliphatic heterocycles. The van der Waals surface area contributed by atoms with Crippen LogP contribution in [-0.2, 0) is 24.0 Å². The number of nitrogens with one attached hydrogen (secondary N) is 2. The van der Waals surface area contributed by atoms with Crippen LogP contribution in [0.2, 0.25) is 0 Å². The number of nitrogens with zero attached hydrogens (tertiary/aromatic N) is 5. The van der Waals surface area contributed by atoms with Gasteiger partial charge in [0.05, 0.1) is 26.2 Å². The number of carboxylic acid groups (broad SMARTS) is 3. The number of likely N-dealkylation sites (tertiary alicyclic amines) is 1. The lowest BCUT2D eigenvalue weighted by Crippen LogP contribution is -2.51. The highest BCUT2D eigenvalue weighted by Gasteiger charge is 2.28. The Labute approximate surface area is 222 Å². The highest BCUT2D eigenvalue weighted by atomic mass is 16.4. The summed E-state index contributed by atoms with van der Waals surface area (Å²) in [4.78, 5) is 68.0.